The maximum absolute atomic E-state index is 12.4. The van der Waals surface area contributed by atoms with E-state index < -0.39 is 0 Å². The van der Waals surface area contributed by atoms with Crippen LogP contribution in [0.5, 0.6) is 0 Å². The molecule has 0 aliphatic heterocycles. The van der Waals surface area contributed by atoms with Crippen LogP contribution >= 0.6 is 12.2 Å². The number of thiocarbonyl (C=S) groups is 1. The lowest BCUT2D eigenvalue weighted by atomic mass is 9.68. The number of amides is 1. The first-order valence-electron chi connectivity index (χ1n) is 7.56. The third-order valence-corrected chi connectivity index (χ3v) is 4.76. The average molecular weight is 304 g/mol. The molecule has 1 aromatic carbocycles. The molecule has 21 heavy (non-hydrogen) atoms. The Labute approximate surface area is 132 Å². The zero-order chi connectivity index (χ0) is 15.5. The molecule has 0 heterocycles. The van der Waals surface area contributed by atoms with Crippen LogP contribution in [0.25, 0.3) is 0 Å². The molecule has 1 atom stereocenters. The first-order valence-corrected chi connectivity index (χ1v) is 7.97. The van der Waals surface area contributed by atoms with Crippen molar-refractivity contribution in [3.05, 3.63) is 35.4 Å². The molecule has 1 aliphatic rings. The van der Waals surface area contributed by atoms with Gasteiger partial charge in [0.1, 0.15) is 4.99 Å². The Morgan fingerprint density at radius 2 is 2.00 bits per heavy atom. The molecular weight excluding hydrogens is 280 g/mol. The van der Waals surface area contributed by atoms with E-state index in [1.54, 1.807) is 0 Å². The minimum atomic E-state index is 0.109. The van der Waals surface area contributed by atoms with Crippen LogP contribution in [0.15, 0.2) is 24.3 Å². The summed E-state index contributed by atoms with van der Waals surface area (Å²) in [6, 6.07) is 7.71. The van der Waals surface area contributed by atoms with E-state index in [0.29, 0.717) is 11.5 Å². The maximum Gasteiger partial charge on any atom is 0.223 e. The van der Waals surface area contributed by atoms with Crippen LogP contribution in [-0.2, 0) is 11.3 Å². The number of hydrogen-bond donors (Lipinski definition) is 2. The largest absolute Gasteiger partial charge is 0.389 e. The van der Waals surface area contributed by atoms with Crippen LogP contribution in [0.1, 0.15) is 50.7 Å². The standard InChI is InChI=1S/C17H24N2OS/c1-17(2)10-4-3-5-14(17)16(20)19-11-12-6-8-13(9-7-12)15(18)21/h6-9,14H,3-5,10-11H2,1-2H3,(H2,18,21)(H,19,20). The van der Waals surface area contributed by atoms with Crippen molar-refractivity contribution < 1.29 is 4.79 Å². The molecule has 0 bridgehead atoms. The molecule has 3 nitrogen and oxygen atoms in total. The average Bonchev–Trinajstić information content (AvgIpc) is 2.44. The summed E-state index contributed by atoms with van der Waals surface area (Å²) in [6.45, 7) is 4.96. The van der Waals surface area contributed by atoms with Gasteiger partial charge in [0.2, 0.25) is 5.91 Å². The van der Waals surface area contributed by atoms with E-state index in [1.807, 2.05) is 24.3 Å². The van der Waals surface area contributed by atoms with E-state index in [0.717, 1.165) is 30.4 Å². The van der Waals surface area contributed by atoms with Gasteiger partial charge in [-0.2, -0.15) is 0 Å². The third-order valence-electron chi connectivity index (χ3n) is 4.53. The van der Waals surface area contributed by atoms with Gasteiger partial charge < -0.3 is 11.1 Å². The Morgan fingerprint density at radius 1 is 1.33 bits per heavy atom. The third kappa shape index (κ3) is 4.03. The van der Waals surface area contributed by atoms with E-state index in [-0.39, 0.29) is 17.2 Å². The van der Waals surface area contributed by atoms with Gasteiger partial charge in [0.15, 0.2) is 0 Å². The highest BCUT2D eigenvalue weighted by molar-refractivity contribution is 7.80. The maximum atomic E-state index is 12.4. The summed E-state index contributed by atoms with van der Waals surface area (Å²) in [6.07, 6.45) is 4.52. The SMILES string of the molecule is CC1(C)CCCCC1C(=O)NCc1ccc(C(N)=S)cc1. The molecule has 2 rings (SSSR count). The Morgan fingerprint density at radius 3 is 2.57 bits per heavy atom. The van der Waals surface area contributed by atoms with Crippen molar-refractivity contribution in [2.45, 2.75) is 46.1 Å². The molecule has 1 amide bonds. The van der Waals surface area contributed by atoms with Crippen molar-refractivity contribution in [2.75, 3.05) is 0 Å². The molecule has 1 aromatic rings. The predicted octanol–water partition coefficient (Wildman–Crippen LogP) is 3.15. The number of benzene rings is 1. The van der Waals surface area contributed by atoms with Gasteiger partial charge in [-0.05, 0) is 23.8 Å². The molecule has 4 heteroatoms. The summed E-state index contributed by atoms with van der Waals surface area (Å²) in [5.74, 6) is 0.306. The molecule has 1 unspecified atom stereocenters. The number of carbonyl (C=O) groups is 1. The van der Waals surface area contributed by atoms with Crippen LogP contribution in [0.3, 0.4) is 0 Å². The molecule has 0 spiro atoms. The lowest BCUT2D eigenvalue weighted by Gasteiger charge is -2.37. The Balaban J connectivity index is 1.93. The minimum Gasteiger partial charge on any atom is -0.389 e. The first-order chi connectivity index (χ1) is 9.90. The van der Waals surface area contributed by atoms with Gasteiger partial charge >= 0.3 is 0 Å². The van der Waals surface area contributed by atoms with Crippen LogP contribution < -0.4 is 11.1 Å². The van der Waals surface area contributed by atoms with Gasteiger partial charge in [0.25, 0.3) is 0 Å². The fraction of sp³-hybridized carbons (Fsp3) is 0.529. The smallest absolute Gasteiger partial charge is 0.223 e. The Kier molecular flexibility index (Phi) is 4.99. The van der Waals surface area contributed by atoms with Gasteiger partial charge in [-0.3, -0.25) is 4.79 Å². The molecule has 1 fully saturated rings. The Hall–Kier alpha value is -1.42. The first kappa shape index (κ1) is 16.0. The highest BCUT2D eigenvalue weighted by atomic mass is 32.1. The number of nitrogens with two attached hydrogens (primary N) is 1. The van der Waals surface area contributed by atoms with Gasteiger partial charge in [0, 0.05) is 18.0 Å². The summed E-state index contributed by atoms with van der Waals surface area (Å²) in [7, 11) is 0. The number of nitrogens with one attached hydrogen (secondary N) is 1. The molecule has 0 radical (unpaired) electrons. The van der Waals surface area contributed by atoms with Crippen LogP contribution in [0.4, 0.5) is 0 Å². The van der Waals surface area contributed by atoms with Crippen molar-refractivity contribution in [3.8, 4) is 0 Å². The summed E-state index contributed by atoms with van der Waals surface area (Å²) in [5, 5.41) is 3.07. The van der Waals surface area contributed by atoms with Crippen molar-refractivity contribution in [3.63, 3.8) is 0 Å². The summed E-state index contributed by atoms with van der Waals surface area (Å²) >= 11 is 4.93. The molecule has 1 aliphatic carbocycles. The number of hydrogen-bond acceptors (Lipinski definition) is 2. The monoisotopic (exact) mass is 304 g/mol. The normalized spacial score (nSPS) is 20.8. The molecule has 0 aromatic heterocycles. The zero-order valence-corrected chi connectivity index (χ0v) is 13.6. The number of carbonyl (C=O) groups excluding carboxylic acids is 1. The van der Waals surface area contributed by atoms with E-state index in [9.17, 15) is 4.79 Å². The minimum absolute atomic E-state index is 0.109. The second-order valence-electron chi connectivity index (χ2n) is 6.57. The summed E-state index contributed by atoms with van der Waals surface area (Å²) in [4.78, 5) is 12.8. The quantitative estimate of drug-likeness (QED) is 0.840. The zero-order valence-electron chi connectivity index (χ0n) is 12.8. The molecular formula is C17H24N2OS. The van der Waals surface area contributed by atoms with E-state index in [4.69, 9.17) is 18.0 Å². The Bertz CT molecular complexity index is 522. The molecule has 1 saturated carbocycles. The van der Waals surface area contributed by atoms with Crippen molar-refractivity contribution in [1.82, 2.24) is 5.32 Å². The van der Waals surface area contributed by atoms with Crippen molar-refractivity contribution >= 4 is 23.1 Å². The van der Waals surface area contributed by atoms with Crippen molar-refractivity contribution in [2.24, 2.45) is 17.1 Å². The fourth-order valence-electron chi connectivity index (χ4n) is 3.08. The molecule has 3 N–H and O–H groups in total. The molecule has 0 saturated heterocycles. The van der Waals surface area contributed by atoms with Crippen LogP contribution in [0.2, 0.25) is 0 Å². The van der Waals surface area contributed by atoms with E-state index in [2.05, 4.69) is 19.2 Å². The summed E-state index contributed by atoms with van der Waals surface area (Å²) in [5.41, 5.74) is 7.61. The predicted molar refractivity (Wildman–Crippen MR) is 89.9 cm³/mol. The lowest BCUT2D eigenvalue weighted by Crippen LogP contribution is -2.40. The number of rotatable bonds is 4. The van der Waals surface area contributed by atoms with E-state index in [1.165, 1.54) is 6.42 Å². The van der Waals surface area contributed by atoms with Gasteiger partial charge in [-0.1, -0.05) is 63.2 Å². The van der Waals surface area contributed by atoms with E-state index >= 15 is 0 Å². The highest BCUT2D eigenvalue weighted by Crippen LogP contribution is 2.40. The van der Waals surface area contributed by atoms with Crippen molar-refractivity contribution in [1.29, 1.82) is 0 Å². The van der Waals surface area contributed by atoms with Crippen LogP contribution in [-0.4, -0.2) is 10.9 Å². The highest BCUT2D eigenvalue weighted by Gasteiger charge is 2.36. The second-order valence-corrected chi connectivity index (χ2v) is 7.01. The molecule has 114 valence electrons. The van der Waals surface area contributed by atoms with Gasteiger partial charge in [-0.25, -0.2) is 0 Å². The topological polar surface area (TPSA) is 55.1 Å². The second kappa shape index (κ2) is 6.56. The van der Waals surface area contributed by atoms with Gasteiger partial charge in [0.05, 0.1) is 0 Å². The lowest BCUT2D eigenvalue weighted by molar-refractivity contribution is -0.130. The fourth-order valence-corrected chi connectivity index (χ4v) is 3.22. The van der Waals surface area contributed by atoms with Gasteiger partial charge in [-0.15, -0.1) is 0 Å². The summed E-state index contributed by atoms with van der Waals surface area (Å²) < 4.78 is 0. The van der Waals surface area contributed by atoms with Crippen LogP contribution in [0, 0.1) is 11.3 Å².